The number of carbonyl (C=O) groups excluding carboxylic acids is 2. The number of amides is 2. The van der Waals surface area contributed by atoms with Crippen LogP contribution in [0.3, 0.4) is 0 Å². The summed E-state index contributed by atoms with van der Waals surface area (Å²) in [4.78, 5) is 35.4. The number of aromatic nitrogens is 4. The lowest BCUT2D eigenvalue weighted by molar-refractivity contribution is -0.144. The van der Waals surface area contributed by atoms with E-state index in [4.69, 9.17) is 0 Å². The van der Waals surface area contributed by atoms with Crippen molar-refractivity contribution in [3.8, 4) is 0 Å². The number of carbonyl (C=O) groups is 2. The molecule has 0 bridgehead atoms. The molecule has 2 saturated heterocycles. The van der Waals surface area contributed by atoms with Crippen LogP contribution >= 0.6 is 0 Å². The van der Waals surface area contributed by atoms with Gasteiger partial charge in [-0.25, -0.2) is 9.50 Å². The van der Waals surface area contributed by atoms with Crippen LogP contribution < -0.4 is 0 Å². The van der Waals surface area contributed by atoms with Crippen molar-refractivity contribution in [3.63, 3.8) is 0 Å². The maximum atomic E-state index is 12.9. The highest BCUT2D eigenvalue weighted by atomic mass is 19.4. The highest BCUT2D eigenvalue weighted by Gasteiger charge is 2.38. The molecule has 2 fully saturated rings. The summed E-state index contributed by atoms with van der Waals surface area (Å²) in [6, 6.07) is 1.16. The van der Waals surface area contributed by atoms with Crippen LogP contribution in [0.5, 0.6) is 0 Å². The summed E-state index contributed by atoms with van der Waals surface area (Å²) < 4.78 is 39.9. The van der Waals surface area contributed by atoms with Crippen LogP contribution in [0, 0.1) is 0 Å². The minimum Gasteiger partial charge on any atom is -0.341 e. The lowest BCUT2D eigenvalue weighted by Gasteiger charge is -2.35. The first-order valence-corrected chi connectivity index (χ1v) is 9.63. The van der Waals surface area contributed by atoms with Crippen molar-refractivity contribution in [2.24, 2.45) is 0 Å². The van der Waals surface area contributed by atoms with E-state index in [1.54, 1.807) is 22.8 Å². The Morgan fingerprint density at radius 3 is 2.59 bits per heavy atom. The second-order valence-electron chi connectivity index (χ2n) is 7.48. The molecular formula is C18H21F3N6O2. The molecule has 0 aromatic carbocycles. The predicted octanol–water partition coefficient (Wildman–Crippen LogP) is 1.86. The third kappa shape index (κ3) is 3.65. The topological polar surface area (TPSA) is 83.7 Å². The average molecular weight is 410 g/mol. The van der Waals surface area contributed by atoms with Gasteiger partial charge in [-0.1, -0.05) is 0 Å². The van der Waals surface area contributed by atoms with Gasteiger partial charge >= 0.3 is 6.18 Å². The molecule has 1 atom stereocenters. The Morgan fingerprint density at radius 2 is 1.97 bits per heavy atom. The number of fused-ring (bicyclic) bond motifs is 1. The zero-order chi connectivity index (χ0) is 20.8. The number of nitrogens with zero attached hydrogens (tertiary/aromatic N) is 6. The Labute approximate surface area is 164 Å². The number of alkyl halides is 3. The Morgan fingerprint density at radius 1 is 1.24 bits per heavy atom. The SMILES string of the molecule is C[C@H](C(=O)N1CCC(c2ccnc3nc(C(F)(F)F)nn23)CC1)N1CCCC1=O. The Hall–Kier alpha value is -2.72. The van der Waals surface area contributed by atoms with Gasteiger partial charge in [0.2, 0.25) is 11.8 Å². The van der Waals surface area contributed by atoms with E-state index in [0.717, 1.165) is 10.9 Å². The highest BCUT2D eigenvalue weighted by Crippen LogP contribution is 2.31. The molecule has 8 nitrogen and oxygen atoms in total. The van der Waals surface area contributed by atoms with Gasteiger partial charge in [0, 0.05) is 38.2 Å². The van der Waals surface area contributed by atoms with Crippen LogP contribution in [0.1, 0.15) is 50.0 Å². The molecule has 0 aliphatic carbocycles. The first kappa shape index (κ1) is 19.6. The van der Waals surface area contributed by atoms with Crippen LogP contribution in [0.2, 0.25) is 0 Å². The lowest BCUT2D eigenvalue weighted by Crippen LogP contribution is -2.49. The van der Waals surface area contributed by atoms with Gasteiger partial charge in [-0.2, -0.15) is 18.2 Å². The molecule has 0 saturated carbocycles. The molecule has 11 heteroatoms. The van der Waals surface area contributed by atoms with Gasteiger partial charge in [0.25, 0.3) is 11.6 Å². The van der Waals surface area contributed by atoms with E-state index in [2.05, 4.69) is 15.1 Å². The summed E-state index contributed by atoms with van der Waals surface area (Å²) in [5.74, 6) is -1.44. The summed E-state index contributed by atoms with van der Waals surface area (Å²) in [6.45, 7) is 3.30. The zero-order valence-electron chi connectivity index (χ0n) is 15.9. The number of halogens is 3. The molecule has 2 aromatic heterocycles. The Kier molecular flexibility index (Phi) is 4.91. The molecule has 2 amide bonds. The van der Waals surface area contributed by atoms with E-state index in [1.807, 2.05) is 0 Å². The highest BCUT2D eigenvalue weighted by molar-refractivity contribution is 5.88. The van der Waals surface area contributed by atoms with Gasteiger partial charge in [0.15, 0.2) is 0 Å². The molecule has 0 N–H and O–H groups in total. The number of hydrogen-bond donors (Lipinski definition) is 0. The van der Waals surface area contributed by atoms with E-state index in [9.17, 15) is 22.8 Å². The number of piperidine rings is 1. The molecule has 0 radical (unpaired) electrons. The fraction of sp³-hybridized carbons (Fsp3) is 0.611. The molecule has 0 unspecified atom stereocenters. The van der Waals surface area contributed by atoms with Crippen molar-refractivity contribution in [2.45, 2.75) is 50.7 Å². The third-order valence-electron chi connectivity index (χ3n) is 5.68. The second kappa shape index (κ2) is 7.27. The van der Waals surface area contributed by atoms with Gasteiger partial charge < -0.3 is 9.80 Å². The van der Waals surface area contributed by atoms with Crippen LogP contribution in [0.15, 0.2) is 12.3 Å². The van der Waals surface area contributed by atoms with E-state index in [-0.39, 0.29) is 23.5 Å². The number of likely N-dealkylation sites (tertiary alicyclic amines) is 2. The lowest BCUT2D eigenvalue weighted by atomic mass is 9.93. The molecule has 2 aliphatic heterocycles. The third-order valence-corrected chi connectivity index (χ3v) is 5.68. The van der Waals surface area contributed by atoms with Crippen molar-refractivity contribution in [1.82, 2.24) is 29.4 Å². The van der Waals surface area contributed by atoms with Gasteiger partial charge in [-0.3, -0.25) is 9.59 Å². The van der Waals surface area contributed by atoms with Crippen molar-refractivity contribution >= 4 is 17.6 Å². The standard InChI is InChI=1S/C18H21F3N6O2/c1-11(26-8-2-3-14(26)28)15(29)25-9-5-12(6-10-25)13-4-7-22-17-23-16(18(19,20)21)24-27(13)17/h4,7,11-12H,2-3,5-6,8-10H2,1H3/t11-/m1/s1. The summed E-state index contributed by atoms with van der Waals surface area (Å²) in [5, 5.41) is 3.60. The van der Waals surface area contributed by atoms with E-state index >= 15 is 0 Å². The van der Waals surface area contributed by atoms with Crippen LogP contribution in [-0.4, -0.2) is 66.9 Å². The average Bonchev–Trinajstić information content (AvgIpc) is 3.32. The van der Waals surface area contributed by atoms with Crippen LogP contribution in [0.25, 0.3) is 5.78 Å². The van der Waals surface area contributed by atoms with Crippen LogP contribution in [0.4, 0.5) is 13.2 Å². The van der Waals surface area contributed by atoms with Gasteiger partial charge in [0.1, 0.15) is 6.04 Å². The van der Waals surface area contributed by atoms with Crippen molar-refractivity contribution in [1.29, 1.82) is 0 Å². The maximum Gasteiger partial charge on any atom is 0.453 e. The van der Waals surface area contributed by atoms with Crippen molar-refractivity contribution in [3.05, 3.63) is 23.8 Å². The molecule has 2 aromatic rings. The summed E-state index contributed by atoms with van der Waals surface area (Å²) >= 11 is 0. The minimum atomic E-state index is -4.64. The predicted molar refractivity (Wildman–Crippen MR) is 94.7 cm³/mol. The summed E-state index contributed by atoms with van der Waals surface area (Å²) in [6.07, 6.45) is -0.772. The molecule has 2 aliphatic rings. The molecular weight excluding hydrogens is 389 g/mol. The fourth-order valence-electron chi connectivity index (χ4n) is 4.11. The quantitative estimate of drug-likeness (QED) is 0.771. The zero-order valence-corrected chi connectivity index (χ0v) is 15.9. The first-order valence-electron chi connectivity index (χ1n) is 9.63. The summed E-state index contributed by atoms with van der Waals surface area (Å²) in [7, 11) is 0. The number of hydrogen-bond acceptors (Lipinski definition) is 5. The summed E-state index contributed by atoms with van der Waals surface area (Å²) in [5.41, 5.74) is 0.605. The largest absolute Gasteiger partial charge is 0.453 e. The molecule has 4 rings (SSSR count). The van der Waals surface area contributed by atoms with Gasteiger partial charge in [-0.15, -0.1) is 5.10 Å². The minimum absolute atomic E-state index is 0.00608. The fourth-order valence-corrected chi connectivity index (χ4v) is 4.11. The Balaban J connectivity index is 1.46. The molecule has 29 heavy (non-hydrogen) atoms. The first-order chi connectivity index (χ1) is 13.8. The monoisotopic (exact) mass is 410 g/mol. The van der Waals surface area contributed by atoms with Gasteiger partial charge in [0.05, 0.1) is 5.69 Å². The van der Waals surface area contributed by atoms with E-state index in [1.165, 1.54) is 6.20 Å². The molecule has 0 spiro atoms. The van der Waals surface area contributed by atoms with E-state index in [0.29, 0.717) is 44.6 Å². The number of rotatable bonds is 3. The van der Waals surface area contributed by atoms with E-state index < -0.39 is 18.0 Å². The molecule has 4 heterocycles. The molecule has 156 valence electrons. The van der Waals surface area contributed by atoms with Crippen LogP contribution in [-0.2, 0) is 15.8 Å². The maximum absolute atomic E-state index is 12.9. The van der Waals surface area contributed by atoms with Crippen molar-refractivity contribution in [2.75, 3.05) is 19.6 Å². The second-order valence-corrected chi connectivity index (χ2v) is 7.48. The normalized spacial score (nSPS) is 19.9. The Bertz CT molecular complexity index is 935. The smallest absolute Gasteiger partial charge is 0.341 e. The van der Waals surface area contributed by atoms with Gasteiger partial charge in [-0.05, 0) is 32.3 Å². The van der Waals surface area contributed by atoms with Crippen molar-refractivity contribution < 1.29 is 22.8 Å².